The van der Waals surface area contributed by atoms with Crippen LogP contribution in [0.3, 0.4) is 0 Å². The van der Waals surface area contributed by atoms with E-state index < -0.39 is 5.60 Å². The average Bonchev–Trinajstić information content (AvgIpc) is 2.34. The van der Waals surface area contributed by atoms with E-state index in [9.17, 15) is 5.11 Å². The fourth-order valence-electron chi connectivity index (χ4n) is 1.80. The predicted molar refractivity (Wildman–Crippen MR) is 83.2 cm³/mol. The molecule has 0 radical (unpaired) electrons. The Morgan fingerprint density at radius 3 is 2.55 bits per heavy atom. The molecule has 1 rings (SSSR count). The van der Waals surface area contributed by atoms with Crippen molar-refractivity contribution in [1.29, 1.82) is 0 Å². The number of aromatic nitrogens is 1. The quantitative estimate of drug-likeness (QED) is 0.802. The number of rotatable bonds is 7. The summed E-state index contributed by atoms with van der Waals surface area (Å²) in [5.74, 6) is 1.64. The minimum atomic E-state index is -0.780. The van der Waals surface area contributed by atoms with Gasteiger partial charge >= 0.3 is 0 Å². The molecule has 0 aliphatic carbocycles. The zero-order valence-corrected chi connectivity index (χ0v) is 13.2. The Labute approximate surface area is 121 Å². The van der Waals surface area contributed by atoms with Crippen molar-refractivity contribution in [3.8, 4) is 5.88 Å². The van der Waals surface area contributed by atoms with Gasteiger partial charge in [-0.2, -0.15) is 4.98 Å². The molecule has 5 heteroatoms. The number of likely N-dealkylation sites (N-methyl/N-ethyl adjacent to an activating group) is 1. The van der Waals surface area contributed by atoms with Gasteiger partial charge in [-0.25, -0.2) is 0 Å². The van der Waals surface area contributed by atoms with E-state index in [-0.39, 0.29) is 0 Å². The van der Waals surface area contributed by atoms with Crippen molar-refractivity contribution >= 4 is 11.5 Å². The highest BCUT2D eigenvalue weighted by molar-refractivity contribution is 5.54. The minimum absolute atomic E-state index is 0.415. The fourth-order valence-corrected chi connectivity index (χ4v) is 1.80. The van der Waals surface area contributed by atoms with Crippen molar-refractivity contribution in [3.05, 3.63) is 12.1 Å². The Balaban J connectivity index is 2.91. The summed E-state index contributed by atoms with van der Waals surface area (Å²) in [5.41, 5.74) is 5.65. The maximum Gasteiger partial charge on any atom is 0.239 e. The third kappa shape index (κ3) is 5.25. The second-order valence-electron chi connectivity index (χ2n) is 6.10. The van der Waals surface area contributed by atoms with Crippen LogP contribution in [0, 0.1) is 5.92 Å². The summed E-state index contributed by atoms with van der Waals surface area (Å²) in [4.78, 5) is 6.47. The summed E-state index contributed by atoms with van der Waals surface area (Å²) in [6, 6.07) is 3.65. The van der Waals surface area contributed by atoms with Gasteiger partial charge in [0.1, 0.15) is 5.82 Å². The summed E-state index contributed by atoms with van der Waals surface area (Å²) in [7, 11) is 0. The highest BCUT2D eigenvalue weighted by atomic mass is 16.5. The molecule has 0 unspecified atom stereocenters. The van der Waals surface area contributed by atoms with E-state index in [1.54, 1.807) is 19.9 Å². The summed E-state index contributed by atoms with van der Waals surface area (Å²) >= 11 is 0. The third-order valence-electron chi connectivity index (χ3n) is 2.71. The standard InChI is InChI=1S/C15H27N3O2/c1-6-18(10-15(4,5)19)13-8-7-12(16)14(17-13)20-9-11(2)3/h7-8,11,19H,6,9-10,16H2,1-5H3. The number of hydrogen-bond acceptors (Lipinski definition) is 5. The minimum Gasteiger partial charge on any atom is -0.476 e. The average molecular weight is 281 g/mol. The van der Waals surface area contributed by atoms with Crippen molar-refractivity contribution in [3.63, 3.8) is 0 Å². The van der Waals surface area contributed by atoms with Crippen LogP contribution in [0.2, 0.25) is 0 Å². The van der Waals surface area contributed by atoms with Gasteiger partial charge in [-0.1, -0.05) is 13.8 Å². The molecule has 0 spiro atoms. The highest BCUT2D eigenvalue weighted by Gasteiger charge is 2.19. The summed E-state index contributed by atoms with van der Waals surface area (Å²) in [6.07, 6.45) is 0. The third-order valence-corrected chi connectivity index (χ3v) is 2.71. The molecule has 0 aromatic carbocycles. The van der Waals surface area contributed by atoms with E-state index in [4.69, 9.17) is 10.5 Å². The first-order valence-electron chi connectivity index (χ1n) is 7.09. The van der Waals surface area contributed by atoms with Gasteiger partial charge < -0.3 is 20.5 Å². The van der Waals surface area contributed by atoms with E-state index in [0.29, 0.717) is 30.6 Å². The maximum atomic E-state index is 9.96. The van der Waals surface area contributed by atoms with Gasteiger partial charge in [0.2, 0.25) is 5.88 Å². The smallest absolute Gasteiger partial charge is 0.239 e. The monoisotopic (exact) mass is 281 g/mol. The highest BCUT2D eigenvalue weighted by Crippen LogP contribution is 2.24. The van der Waals surface area contributed by atoms with Crippen LogP contribution in [0.25, 0.3) is 0 Å². The normalized spacial score (nSPS) is 11.8. The Kier molecular flexibility index (Phi) is 5.62. The Morgan fingerprint density at radius 2 is 2.05 bits per heavy atom. The number of ether oxygens (including phenoxy) is 1. The van der Waals surface area contributed by atoms with Crippen LogP contribution >= 0.6 is 0 Å². The van der Waals surface area contributed by atoms with E-state index in [1.807, 2.05) is 17.9 Å². The van der Waals surface area contributed by atoms with Crippen molar-refractivity contribution < 1.29 is 9.84 Å². The van der Waals surface area contributed by atoms with E-state index in [1.165, 1.54) is 0 Å². The Morgan fingerprint density at radius 1 is 1.40 bits per heavy atom. The van der Waals surface area contributed by atoms with Gasteiger partial charge in [-0.05, 0) is 38.8 Å². The molecule has 0 saturated carbocycles. The van der Waals surface area contributed by atoms with Crippen LogP contribution in [0.1, 0.15) is 34.6 Å². The molecule has 0 bridgehead atoms. The fraction of sp³-hybridized carbons (Fsp3) is 0.667. The second kappa shape index (κ2) is 6.79. The van der Waals surface area contributed by atoms with E-state index in [2.05, 4.69) is 18.8 Å². The first-order chi connectivity index (χ1) is 9.23. The van der Waals surface area contributed by atoms with Gasteiger partial charge in [-0.15, -0.1) is 0 Å². The lowest BCUT2D eigenvalue weighted by Gasteiger charge is -2.29. The largest absolute Gasteiger partial charge is 0.476 e. The summed E-state index contributed by atoms with van der Waals surface area (Å²) in [6.45, 7) is 11.6. The molecule has 0 aliphatic rings. The van der Waals surface area contributed by atoms with Gasteiger partial charge in [0, 0.05) is 13.1 Å². The molecule has 3 N–H and O–H groups in total. The van der Waals surface area contributed by atoms with Crippen LogP contribution in [0.5, 0.6) is 5.88 Å². The Hall–Kier alpha value is -1.49. The van der Waals surface area contributed by atoms with Crippen molar-refractivity contribution in [1.82, 2.24) is 4.98 Å². The van der Waals surface area contributed by atoms with Crippen molar-refractivity contribution in [2.75, 3.05) is 30.3 Å². The van der Waals surface area contributed by atoms with Gasteiger partial charge in [0.25, 0.3) is 0 Å². The van der Waals surface area contributed by atoms with Crippen LogP contribution in [0.4, 0.5) is 11.5 Å². The lowest BCUT2D eigenvalue weighted by Crippen LogP contribution is -2.39. The number of nitrogens with zero attached hydrogens (tertiary/aromatic N) is 2. The molecular weight excluding hydrogens is 254 g/mol. The van der Waals surface area contributed by atoms with Crippen LogP contribution in [0.15, 0.2) is 12.1 Å². The topological polar surface area (TPSA) is 71.6 Å². The first-order valence-corrected chi connectivity index (χ1v) is 7.09. The van der Waals surface area contributed by atoms with Crippen molar-refractivity contribution in [2.24, 2.45) is 5.92 Å². The van der Waals surface area contributed by atoms with Crippen LogP contribution < -0.4 is 15.4 Å². The van der Waals surface area contributed by atoms with E-state index >= 15 is 0 Å². The maximum absolute atomic E-state index is 9.96. The summed E-state index contributed by atoms with van der Waals surface area (Å²) in [5, 5.41) is 9.96. The number of nitrogens with two attached hydrogens (primary N) is 1. The zero-order chi connectivity index (χ0) is 15.3. The number of aliphatic hydroxyl groups is 1. The molecule has 0 atom stereocenters. The summed E-state index contributed by atoms with van der Waals surface area (Å²) < 4.78 is 5.64. The Bertz CT molecular complexity index is 428. The molecule has 0 amide bonds. The molecule has 1 aromatic rings. The number of hydrogen-bond donors (Lipinski definition) is 2. The number of nitrogen functional groups attached to an aromatic ring is 1. The lowest BCUT2D eigenvalue weighted by atomic mass is 10.1. The molecule has 1 heterocycles. The lowest BCUT2D eigenvalue weighted by molar-refractivity contribution is 0.0873. The number of pyridine rings is 1. The van der Waals surface area contributed by atoms with Gasteiger partial charge in [0.05, 0.1) is 17.9 Å². The van der Waals surface area contributed by atoms with Crippen molar-refractivity contribution in [2.45, 2.75) is 40.2 Å². The van der Waals surface area contributed by atoms with Crippen LogP contribution in [-0.4, -0.2) is 35.4 Å². The SMILES string of the molecule is CCN(CC(C)(C)O)c1ccc(N)c(OCC(C)C)n1. The van der Waals surface area contributed by atoms with E-state index in [0.717, 1.165) is 12.4 Å². The molecule has 0 fully saturated rings. The molecular formula is C15H27N3O2. The van der Waals surface area contributed by atoms with Gasteiger partial charge in [0.15, 0.2) is 0 Å². The molecule has 1 aromatic heterocycles. The zero-order valence-electron chi connectivity index (χ0n) is 13.2. The molecule has 0 aliphatic heterocycles. The molecule has 114 valence electrons. The predicted octanol–water partition coefficient (Wildman–Crippen LogP) is 2.30. The molecule has 20 heavy (non-hydrogen) atoms. The second-order valence-corrected chi connectivity index (χ2v) is 6.10. The van der Waals surface area contributed by atoms with Crippen LogP contribution in [-0.2, 0) is 0 Å². The first kappa shape index (κ1) is 16.6. The molecule has 0 saturated heterocycles. The van der Waals surface area contributed by atoms with Gasteiger partial charge in [-0.3, -0.25) is 0 Å². The molecule has 5 nitrogen and oxygen atoms in total. The number of anilines is 2.